The van der Waals surface area contributed by atoms with Crippen molar-refractivity contribution in [1.29, 1.82) is 0 Å². The molecule has 0 bridgehead atoms. The second-order valence-corrected chi connectivity index (χ2v) is 4.93. The van der Waals surface area contributed by atoms with Crippen LogP contribution in [0.15, 0.2) is 24.3 Å². The lowest BCUT2D eigenvalue weighted by molar-refractivity contribution is 0.0602. The molecule has 106 valence electrons. The van der Waals surface area contributed by atoms with Gasteiger partial charge in [0.25, 0.3) is 0 Å². The van der Waals surface area contributed by atoms with E-state index in [9.17, 15) is 4.79 Å². The van der Waals surface area contributed by atoms with Crippen LogP contribution in [0.1, 0.15) is 56.3 Å². The highest BCUT2D eigenvalue weighted by molar-refractivity contribution is 5.95. The fourth-order valence-electron chi connectivity index (χ4n) is 2.11. The van der Waals surface area contributed by atoms with Crippen molar-refractivity contribution in [3.63, 3.8) is 0 Å². The molecule has 0 saturated carbocycles. The number of hydrogen-bond donors (Lipinski definition) is 1. The number of carbonyl (C=O) groups is 1. The molecule has 19 heavy (non-hydrogen) atoms. The Bertz CT molecular complexity index is 390. The Morgan fingerprint density at radius 2 is 2.00 bits per heavy atom. The third kappa shape index (κ3) is 5.33. The van der Waals surface area contributed by atoms with E-state index >= 15 is 0 Å². The molecule has 0 saturated heterocycles. The van der Waals surface area contributed by atoms with E-state index in [-0.39, 0.29) is 5.97 Å². The zero-order valence-corrected chi connectivity index (χ0v) is 12.2. The number of para-hydroxylation sites is 1. The molecule has 0 unspecified atom stereocenters. The van der Waals surface area contributed by atoms with Crippen molar-refractivity contribution < 1.29 is 9.53 Å². The molecule has 3 nitrogen and oxygen atoms in total. The van der Waals surface area contributed by atoms with Crippen molar-refractivity contribution >= 4 is 11.7 Å². The van der Waals surface area contributed by atoms with E-state index < -0.39 is 0 Å². The number of nitrogens with one attached hydrogen (secondary N) is 1. The molecule has 0 aliphatic heterocycles. The summed E-state index contributed by atoms with van der Waals surface area (Å²) in [5.74, 6) is -0.290. The van der Waals surface area contributed by atoms with Crippen LogP contribution in [0.5, 0.6) is 0 Å². The van der Waals surface area contributed by atoms with Gasteiger partial charge in [0, 0.05) is 11.7 Å². The SMILES string of the molecule is CCCCCC[C@@H](C)Nc1ccccc1C(=O)OC. The lowest BCUT2D eigenvalue weighted by Crippen LogP contribution is -2.17. The Labute approximate surface area is 116 Å². The van der Waals surface area contributed by atoms with E-state index in [0.29, 0.717) is 11.6 Å². The van der Waals surface area contributed by atoms with Crippen LogP contribution in [0.25, 0.3) is 0 Å². The monoisotopic (exact) mass is 263 g/mol. The molecule has 1 N–H and O–H groups in total. The normalized spacial score (nSPS) is 11.9. The van der Waals surface area contributed by atoms with Crippen molar-refractivity contribution in [2.24, 2.45) is 0 Å². The van der Waals surface area contributed by atoms with Crippen molar-refractivity contribution in [3.8, 4) is 0 Å². The van der Waals surface area contributed by atoms with Crippen LogP contribution in [0, 0.1) is 0 Å². The summed E-state index contributed by atoms with van der Waals surface area (Å²) < 4.78 is 4.79. The zero-order chi connectivity index (χ0) is 14.1. The first-order valence-corrected chi connectivity index (χ1v) is 7.13. The van der Waals surface area contributed by atoms with Crippen LogP contribution in [0.2, 0.25) is 0 Å². The molecule has 0 aromatic heterocycles. The molecular weight excluding hydrogens is 238 g/mol. The molecule has 1 aromatic carbocycles. The average Bonchev–Trinajstić information content (AvgIpc) is 2.43. The van der Waals surface area contributed by atoms with E-state index in [1.54, 1.807) is 6.07 Å². The Hall–Kier alpha value is -1.51. The average molecular weight is 263 g/mol. The molecule has 1 atom stereocenters. The minimum atomic E-state index is -0.290. The van der Waals surface area contributed by atoms with Gasteiger partial charge in [0.05, 0.1) is 12.7 Å². The summed E-state index contributed by atoms with van der Waals surface area (Å²) in [6.07, 6.45) is 6.18. The van der Waals surface area contributed by atoms with Gasteiger partial charge in [0.2, 0.25) is 0 Å². The Morgan fingerprint density at radius 1 is 1.26 bits per heavy atom. The molecule has 3 heteroatoms. The third-order valence-electron chi connectivity index (χ3n) is 3.22. The first-order valence-electron chi connectivity index (χ1n) is 7.13. The molecule has 0 heterocycles. The molecule has 0 amide bonds. The van der Waals surface area contributed by atoms with Crippen molar-refractivity contribution in [1.82, 2.24) is 0 Å². The van der Waals surface area contributed by atoms with E-state index in [1.165, 1.54) is 32.8 Å². The minimum Gasteiger partial charge on any atom is -0.465 e. The molecular formula is C16H25NO2. The van der Waals surface area contributed by atoms with Gasteiger partial charge in [-0.15, -0.1) is 0 Å². The number of ether oxygens (including phenoxy) is 1. The number of benzene rings is 1. The standard InChI is InChI=1S/C16H25NO2/c1-4-5-6-7-10-13(2)17-15-12-9-8-11-14(15)16(18)19-3/h8-9,11-13,17H,4-7,10H2,1-3H3/t13-/m1/s1. The third-order valence-corrected chi connectivity index (χ3v) is 3.22. The Kier molecular flexibility index (Phi) is 7.01. The summed E-state index contributed by atoms with van der Waals surface area (Å²) in [6.45, 7) is 4.37. The molecule has 1 rings (SSSR count). The van der Waals surface area contributed by atoms with Crippen LogP contribution in [-0.2, 0) is 4.74 Å². The number of methoxy groups -OCH3 is 1. The molecule has 0 fully saturated rings. The van der Waals surface area contributed by atoms with Crippen LogP contribution >= 0.6 is 0 Å². The maximum atomic E-state index is 11.7. The first kappa shape index (κ1) is 15.5. The van der Waals surface area contributed by atoms with Gasteiger partial charge in [-0.05, 0) is 25.5 Å². The highest BCUT2D eigenvalue weighted by Gasteiger charge is 2.12. The largest absolute Gasteiger partial charge is 0.465 e. The van der Waals surface area contributed by atoms with E-state index in [1.807, 2.05) is 18.2 Å². The van der Waals surface area contributed by atoms with Crippen LogP contribution in [0.4, 0.5) is 5.69 Å². The highest BCUT2D eigenvalue weighted by Crippen LogP contribution is 2.18. The molecule has 0 aliphatic carbocycles. The predicted molar refractivity (Wildman–Crippen MR) is 79.6 cm³/mol. The van der Waals surface area contributed by atoms with Crippen LogP contribution in [0.3, 0.4) is 0 Å². The molecule has 0 aliphatic rings. The van der Waals surface area contributed by atoms with Gasteiger partial charge in [-0.2, -0.15) is 0 Å². The van der Waals surface area contributed by atoms with Crippen molar-refractivity contribution in [3.05, 3.63) is 29.8 Å². The van der Waals surface area contributed by atoms with Crippen LogP contribution in [-0.4, -0.2) is 19.1 Å². The van der Waals surface area contributed by atoms with Crippen molar-refractivity contribution in [2.75, 3.05) is 12.4 Å². The maximum absolute atomic E-state index is 11.7. The number of anilines is 1. The van der Waals surface area contributed by atoms with E-state index in [2.05, 4.69) is 19.2 Å². The van der Waals surface area contributed by atoms with Crippen LogP contribution < -0.4 is 5.32 Å². The number of rotatable bonds is 8. The minimum absolute atomic E-state index is 0.290. The van der Waals surface area contributed by atoms with Gasteiger partial charge in [0.15, 0.2) is 0 Å². The summed E-state index contributed by atoms with van der Waals surface area (Å²) in [6, 6.07) is 7.86. The highest BCUT2D eigenvalue weighted by atomic mass is 16.5. The zero-order valence-electron chi connectivity index (χ0n) is 12.2. The van der Waals surface area contributed by atoms with Gasteiger partial charge < -0.3 is 10.1 Å². The van der Waals surface area contributed by atoms with Gasteiger partial charge in [-0.3, -0.25) is 0 Å². The lowest BCUT2D eigenvalue weighted by atomic mass is 10.1. The lowest BCUT2D eigenvalue weighted by Gasteiger charge is -2.17. The Balaban J connectivity index is 2.54. The van der Waals surface area contributed by atoms with E-state index in [4.69, 9.17) is 4.74 Å². The number of hydrogen-bond acceptors (Lipinski definition) is 3. The number of unbranched alkanes of at least 4 members (excludes halogenated alkanes) is 3. The van der Waals surface area contributed by atoms with Gasteiger partial charge in [-0.25, -0.2) is 4.79 Å². The number of carbonyl (C=O) groups excluding carboxylic acids is 1. The summed E-state index contributed by atoms with van der Waals surface area (Å²) in [5, 5.41) is 3.40. The predicted octanol–water partition coefficient (Wildman–Crippen LogP) is 4.24. The Morgan fingerprint density at radius 3 is 2.68 bits per heavy atom. The second kappa shape index (κ2) is 8.57. The van der Waals surface area contributed by atoms with Gasteiger partial charge >= 0.3 is 5.97 Å². The van der Waals surface area contributed by atoms with Gasteiger partial charge in [-0.1, -0.05) is 44.7 Å². The first-order chi connectivity index (χ1) is 9.19. The van der Waals surface area contributed by atoms with Gasteiger partial charge in [0.1, 0.15) is 0 Å². The summed E-state index contributed by atoms with van der Waals surface area (Å²) in [7, 11) is 1.41. The topological polar surface area (TPSA) is 38.3 Å². The maximum Gasteiger partial charge on any atom is 0.339 e. The number of esters is 1. The summed E-state index contributed by atoms with van der Waals surface area (Å²) >= 11 is 0. The molecule has 0 spiro atoms. The molecule has 0 radical (unpaired) electrons. The second-order valence-electron chi connectivity index (χ2n) is 4.93. The summed E-state index contributed by atoms with van der Waals surface area (Å²) in [5.41, 5.74) is 1.46. The fraction of sp³-hybridized carbons (Fsp3) is 0.562. The summed E-state index contributed by atoms with van der Waals surface area (Å²) in [4.78, 5) is 11.7. The molecule has 1 aromatic rings. The quantitative estimate of drug-likeness (QED) is 0.563. The van der Waals surface area contributed by atoms with E-state index in [0.717, 1.165) is 12.1 Å². The van der Waals surface area contributed by atoms with Crippen molar-refractivity contribution in [2.45, 2.75) is 52.0 Å². The fourth-order valence-corrected chi connectivity index (χ4v) is 2.11. The smallest absolute Gasteiger partial charge is 0.339 e.